The summed E-state index contributed by atoms with van der Waals surface area (Å²) in [6.07, 6.45) is 5.27. The second-order valence-corrected chi connectivity index (χ2v) is 13.7. The fourth-order valence-corrected chi connectivity index (χ4v) is 7.89. The van der Waals surface area contributed by atoms with Crippen LogP contribution in [0.1, 0.15) is 72.9 Å². The second kappa shape index (κ2) is 15.2. The number of aromatic nitrogens is 3. The van der Waals surface area contributed by atoms with Gasteiger partial charge in [-0.3, -0.25) is 14.3 Å². The van der Waals surface area contributed by atoms with Gasteiger partial charge in [-0.1, -0.05) is 61.0 Å². The van der Waals surface area contributed by atoms with Crippen LogP contribution in [0, 0.1) is 19.8 Å². The number of amides is 1. The highest BCUT2D eigenvalue weighted by Gasteiger charge is 2.29. The number of carbonyl (C=O) groups is 2. The number of aryl methyl sites for hydroxylation is 4. The van der Waals surface area contributed by atoms with E-state index in [2.05, 4.69) is 42.7 Å². The standard InChI is InChI=1S/C40H47ClN4O4/c1-5-10-34(47)39-31(14-9-24-49-35-15-8-12-29-11-6-7-13-30(29)35)32-16-17-33(41)38(37-26(2)42-43(4)27(37)3)40(32)45(39)23-20-28-18-21-44(22-19-28)36(48)25-46/h6-8,11-13,15-17,28,46H,5,9-10,14,18-25H2,1-4H3. The van der Waals surface area contributed by atoms with Crippen molar-refractivity contribution in [2.24, 2.45) is 13.0 Å². The number of piperidine rings is 1. The number of Topliss-reactive ketones (excluding diaryl/α,β-unsaturated/α-hetero) is 1. The Morgan fingerprint density at radius 3 is 2.47 bits per heavy atom. The van der Waals surface area contributed by atoms with Crippen LogP contribution in [0.25, 0.3) is 32.8 Å². The van der Waals surface area contributed by atoms with Gasteiger partial charge in [0.2, 0.25) is 5.91 Å². The Morgan fingerprint density at radius 2 is 1.76 bits per heavy atom. The van der Waals surface area contributed by atoms with Crippen LogP contribution in [-0.2, 0) is 24.8 Å². The van der Waals surface area contributed by atoms with Crippen molar-refractivity contribution in [1.29, 1.82) is 0 Å². The summed E-state index contributed by atoms with van der Waals surface area (Å²) in [6.45, 7) is 8.15. The van der Waals surface area contributed by atoms with Crippen molar-refractivity contribution in [2.45, 2.75) is 72.3 Å². The highest BCUT2D eigenvalue weighted by Crippen LogP contribution is 2.43. The van der Waals surface area contributed by atoms with Gasteiger partial charge in [0.05, 0.1) is 28.5 Å². The maximum atomic E-state index is 14.2. The number of hydrogen-bond donors (Lipinski definition) is 1. The van der Waals surface area contributed by atoms with Crippen LogP contribution < -0.4 is 4.74 Å². The summed E-state index contributed by atoms with van der Waals surface area (Å²) in [5, 5.41) is 18.0. The summed E-state index contributed by atoms with van der Waals surface area (Å²) < 4.78 is 10.5. The first-order valence-electron chi connectivity index (χ1n) is 17.6. The zero-order valence-corrected chi connectivity index (χ0v) is 29.9. The number of aliphatic hydroxyl groups excluding tert-OH is 1. The SMILES string of the molecule is CCCC(=O)c1c(CCCOc2cccc3ccccc23)c2ccc(Cl)c(-c3c(C)nn(C)c3C)c2n1CCC1CCN(C(=O)CO)CC1. The van der Waals surface area contributed by atoms with Gasteiger partial charge in [-0.25, -0.2) is 0 Å². The number of aliphatic hydroxyl groups is 1. The molecule has 0 atom stereocenters. The van der Waals surface area contributed by atoms with Gasteiger partial charge in [-0.15, -0.1) is 0 Å². The normalized spacial score (nSPS) is 13.9. The molecule has 0 radical (unpaired) electrons. The van der Waals surface area contributed by atoms with E-state index < -0.39 is 6.61 Å². The van der Waals surface area contributed by atoms with Crippen LogP contribution in [0.2, 0.25) is 5.02 Å². The molecular weight excluding hydrogens is 636 g/mol. The number of likely N-dealkylation sites (tertiary alicyclic amines) is 1. The van der Waals surface area contributed by atoms with Crippen LogP contribution in [0.15, 0.2) is 54.6 Å². The molecule has 3 heterocycles. The molecule has 1 saturated heterocycles. The first-order chi connectivity index (χ1) is 23.7. The third-order valence-electron chi connectivity index (χ3n) is 10.2. The topological polar surface area (TPSA) is 89.6 Å². The third kappa shape index (κ3) is 6.99. The van der Waals surface area contributed by atoms with E-state index in [9.17, 15) is 14.7 Å². The van der Waals surface area contributed by atoms with Gasteiger partial charge in [-0.2, -0.15) is 5.10 Å². The van der Waals surface area contributed by atoms with Crippen LogP contribution in [0.3, 0.4) is 0 Å². The Labute approximate surface area is 293 Å². The molecule has 9 heteroatoms. The molecule has 0 bridgehead atoms. The van der Waals surface area contributed by atoms with Gasteiger partial charge < -0.3 is 19.3 Å². The molecule has 1 fully saturated rings. The van der Waals surface area contributed by atoms with Gasteiger partial charge in [0.25, 0.3) is 0 Å². The zero-order valence-electron chi connectivity index (χ0n) is 29.1. The highest BCUT2D eigenvalue weighted by molar-refractivity contribution is 6.35. The Balaban J connectivity index is 1.39. The van der Waals surface area contributed by atoms with Gasteiger partial charge in [0.15, 0.2) is 5.78 Å². The van der Waals surface area contributed by atoms with Crippen molar-refractivity contribution >= 4 is 45.0 Å². The van der Waals surface area contributed by atoms with Crippen LogP contribution in [-0.4, -0.2) is 62.3 Å². The minimum absolute atomic E-state index is 0.147. The number of carbonyl (C=O) groups excluding carboxylic acids is 2. The molecule has 1 aliphatic heterocycles. The van der Waals surface area contributed by atoms with E-state index in [0.29, 0.717) is 50.0 Å². The summed E-state index contributed by atoms with van der Waals surface area (Å²) in [4.78, 5) is 28.0. The molecule has 258 valence electrons. The van der Waals surface area contributed by atoms with Crippen LogP contribution >= 0.6 is 11.6 Å². The number of ether oxygens (including phenoxy) is 1. The Morgan fingerprint density at radius 1 is 1.00 bits per heavy atom. The van der Waals surface area contributed by atoms with Crippen molar-refractivity contribution in [2.75, 3.05) is 26.3 Å². The van der Waals surface area contributed by atoms with Gasteiger partial charge >= 0.3 is 0 Å². The van der Waals surface area contributed by atoms with Gasteiger partial charge in [-0.05, 0) is 81.4 Å². The molecular formula is C40H47ClN4O4. The van der Waals surface area contributed by atoms with E-state index in [0.717, 1.165) is 93.3 Å². The quantitative estimate of drug-likeness (QED) is 0.100. The summed E-state index contributed by atoms with van der Waals surface area (Å²) in [7, 11) is 1.95. The molecule has 0 aliphatic carbocycles. The monoisotopic (exact) mass is 682 g/mol. The molecule has 2 aromatic heterocycles. The Hall–Kier alpha value is -4.14. The number of benzene rings is 3. The molecule has 8 nitrogen and oxygen atoms in total. The summed E-state index contributed by atoms with van der Waals surface area (Å²) in [5.41, 5.74) is 6.67. The molecule has 49 heavy (non-hydrogen) atoms. The highest BCUT2D eigenvalue weighted by atomic mass is 35.5. The first kappa shape index (κ1) is 34.7. The lowest BCUT2D eigenvalue weighted by Crippen LogP contribution is -2.40. The van der Waals surface area contributed by atoms with Crippen LogP contribution in [0.5, 0.6) is 5.75 Å². The maximum Gasteiger partial charge on any atom is 0.248 e. The summed E-state index contributed by atoms with van der Waals surface area (Å²) in [5.74, 6) is 1.20. The fraction of sp³-hybridized carbons (Fsp3) is 0.425. The number of rotatable bonds is 13. The zero-order chi connectivity index (χ0) is 34.7. The molecule has 1 amide bonds. The molecule has 1 aliphatic rings. The smallest absolute Gasteiger partial charge is 0.248 e. The van der Waals surface area contributed by atoms with Gasteiger partial charge in [0, 0.05) is 60.7 Å². The molecule has 0 spiro atoms. The minimum atomic E-state index is -0.449. The molecule has 3 aromatic carbocycles. The number of halogens is 1. The lowest BCUT2D eigenvalue weighted by atomic mass is 9.93. The van der Waals surface area contributed by atoms with E-state index in [1.165, 1.54) is 0 Å². The number of ketones is 1. The Bertz CT molecular complexity index is 1980. The largest absolute Gasteiger partial charge is 0.493 e. The summed E-state index contributed by atoms with van der Waals surface area (Å²) in [6, 6.07) is 18.4. The predicted molar refractivity (Wildman–Crippen MR) is 197 cm³/mol. The fourth-order valence-electron chi connectivity index (χ4n) is 7.64. The average molecular weight is 683 g/mol. The van der Waals surface area contributed by atoms with E-state index in [-0.39, 0.29) is 11.7 Å². The lowest BCUT2D eigenvalue weighted by molar-refractivity contribution is -0.135. The molecule has 5 aromatic rings. The number of nitrogens with zero attached hydrogens (tertiary/aromatic N) is 4. The molecule has 0 saturated carbocycles. The van der Waals surface area contributed by atoms with Crippen molar-refractivity contribution in [3.8, 4) is 16.9 Å². The third-order valence-corrected chi connectivity index (χ3v) is 10.5. The number of hydrogen-bond acceptors (Lipinski definition) is 5. The Kier molecular flexibility index (Phi) is 10.8. The predicted octanol–water partition coefficient (Wildman–Crippen LogP) is 8.08. The second-order valence-electron chi connectivity index (χ2n) is 13.3. The lowest BCUT2D eigenvalue weighted by Gasteiger charge is -2.32. The van der Waals surface area contributed by atoms with E-state index in [4.69, 9.17) is 21.4 Å². The molecule has 6 rings (SSSR count). The maximum absolute atomic E-state index is 14.2. The average Bonchev–Trinajstić information content (AvgIpc) is 3.56. The number of fused-ring (bicyclic) bond motifs is 2. The van der Waals surface area contributed by atoms with E-state index in [1.807, 2.05) is 49.0 Å². The first-order valence-corrected chi connectivity index (χ1v) is 18.0. The van der Waals surface area contributed by atoms with Crippen LogP contribution in [0.4, 0.5) is 0 Å². The van der Waals surface area contributed by atoms with Gasteiger partial charge in [0.1, 0.15) is 12.4 Å². The van der Waals surface area contributed by atoms with E-state index in [1.54, 1.807) is 4.90 Å². The van der Waals surface area contributed by atoms with Crippen molar-refractivity contribution in [3.63, 3.8) is 0 Å². The summed E-state index contributed by atoms with van der Waals surface area (Å²) >= 11 is 7.10. The van der Waals surface area contributed by atoms with Crippen molar-refractivity contribution in [3.05, 3.63) is 82.3 Å². The molecule has 1 N–H and O–H groups in total. The minimum Gasteiger partial charge on any atom is -0.493 e. The molecule has 0 unspecified atom stereocenters. The van der Waals surface area contributed by atoms with E-state index >= 15 is 0 Å². The van der Waals surface area contributed by atoms with Crippen molar-refractivity contribution < 1.29 is 19.4 Å². The van der Waals surface area contributed by atoms with Crippen molar-refractivity contribution in [1.82, 2.24) is 19.2 Å².